The molecule has 3 nitrogen and oxygen atoms in total. The number of benzene rings is 1. The Balaban J connectivity index is 2.47. The molecule has 0 unspecified atom stereocenters. The summed E-state index contributed by atoms with van der Waals surface area (Å²) in [5.74, 6) is 0. The number of rotatable bonds is 4. The molecule has 0 radical (unpaired) electrons. The molecule has 0 N–H and O–H groups in total. The van der Waals surface area contributed by atoms with Gasteiger partial charge in [-0.3, -0.25) is 4.79 Å². The topological polar surface area (TPSA) is 33.2 Å². The summed E-state index contributed by atoms with van der Waals surface area (Å²) in [5.41, 5.74) is 1.77. The minimum Gasteiger partial charge on any atom is -0.351 e. The molecule has 0 saturated carbocycles. The maximum Gasteiger partial charge on any atom is 0.186 e. The molecule has 0 bridgehead atoms. The fourth-order valence-corrected chi connectivity index (χ4v) is 2.43. The van der Waals surface area contributed by atoms with Gasteiger partial charge < -0.3 is 4.90 Å². The van der Waals surface area contributed by atoms with Crippen LogP contribution in [0.15, 0.2) is 30.3 Å². The first kappa shape index (κ1) is 11.8. The standard InChI is InChI=1S/C13H14N2OS/c1-3-15(2)13-14-12(11(9-16)17-13)10-7-5-4-6-8-10/h4-9H,3H2,1-2H3. The smallest absolute Gasteiger partial charge is 0.186 e. The summed E-state index contributed by atoms with van der Waals surface area (Å²) >= 11 is 1.43. The molecule has 1 heterocycles. The lowest BCUT2D eigenvalue weighted by Gasteiger charge is -2.11. The molecule has 88 valence electrons. The Morgan fingerprint density at radius 2 is 2.06 bits per heavy atom. The van der Waals surface area contributed by atoms with E-state index in [1.807, 2.05) is 42.3 Å². The second kappa shape index (κ2) is 5.10. The van der Waals surface area contributed by atoms with Gasteiger partial charge in [-0.1, -0.05) is 41.7 Å². The highest BCUT2D eigenvalue weighted by Crippen LogP contribution is 2.31. The average molecular weight is 246 g/mol. The second-order valence-electron chi connectivity index (χ2n) is 3.71. The number of carbonyl (C=O) groups is 1. The quantitative estimate of drug-likeness (QED) is 0.777. The number of carbonyl (C=O) groups excluding carboxylic acids is 1. The van der Waals surface area contributed by atoms with Crippen LogP contribution in [-0.2, 0) is 0 Å². The molecule has 0 atom stereocenters. The van der Waals surface area contributed by atoms with Crippen LogP contribution in [0, 0.1) is 0 Å². The van der Waals surface area contributed by atoms with Crippen molar-refractivity contribution in [2.45, 2.75) is 6.92 Å². The van der Waals surface area contributed by atoms with E-state index in [0.29, 0.717) is 4.88 Å². The first-order valence-corrected chi connectivity index (χ1v) is 6.30. The zero-order valence-electron chi connectivity index (χ0n) is 9.88. The lowest BCUT2D eigenvalue weighted by atomic mass is 10.1. The first-order valence-electron chi connectivity index (χ1n) is 5.48. The Labute approximate surface area is 105 Å². The van der Waals surface area contributed by atoms with E-state index >= 15 is 0 Å². The van der Waals surface area contributed by atoms with Crippen LogP contribution in [0.5, 0.6) is 0 Å². The molecule has 0 spiro atoms. The van der Waals surface area contributed by atoms with Gasteiger partial charge in [-0.2, -0.15) is 0 Å². The predicted octanol–water partition coefficient (Wildman–Crippen LogP) is 3.08. The van der Waals surface area contributed by atoms with E-state index in [1.165, 1.54) is 11.3 Å². The van der Waals surface area contributed by atoms with Crippen LogP contribution in [-0.4, -0.2) is 24.9 Å². The second-order valence-corrected chi connectivity index (χ2v) is 4.72. The van der Waals surface area contributed by atoms with Crippen molar-refractivity contribution in [3.8, 4) is 11.3 Å². The Morgan fingerprint density at radius 1 is 1.35 bits per heavy atom. The van der Waals surface area contributed by atoms with Gasteiger partial charge in [0.1, 0.15) is 0 Å². The third kappa shape index (κ3) is 2.36. The SMILES string of the molecule is CCN(C)c1nc(-c2ccccc2)c(C=O)s1. The van der Waals surface area contributed by atoms with Gasteiger partial charge in [0, 0.05) is 19.2 Å². The minimum atomic E-state index is 0.687. The molecule has 2 aromatic rings. The fraction of sp³-hybridized carbons (Fsp3) is 0.231. The van der Waals surface area contributed by atoms with Gasteiger partial charge in [0.25, 0.3) is 0 Å². The molecule has 2 rings (SSSR count). The average Bonchev–Trinajstić information content (AvgIpc) is 2.83. The molecule has 1 aromatic heterocycles. The largest absolute Gasteiger partial charge is 0.351 e. The highest BCUT2D eigenvalue weighted by molar-refractivity contribution is 7.17. The monoisotopic (exact) mass is 246 g/mol. The van der Waals surface area contributed by atoms with Gasteiger partial charge in [0.15, 0.2) is 11.4 Å². The normalized spacial score (nSPS) is 10.2. The van der Waals surface area contributed by atoms with Crippen molar-refractivity contribution in [2.75, 3.05) is 18.5 Å². The molecule has 1 aromatic carbocycles. The highest BCUT2D eigenvalue weighted by Gasteiger charge is 2.13. The van der Waals surface area contributed by atoms with E-state index in [2.05, 4.69) is 11.9 Å². The van der Waals surface area contributed by atoms with Crippen molar-refractivity contribution < 1.29 is 4.79 Å². The molecule has 0 saturated heterocycles. The number of thiazole rings is 1. The van der Waals surface area contributed by atoms with Gasteiger partial charge in [-0.15, -0.1) is 0 Å². The number of aldehydes is 1. The van der Waals surface area contributed by atoms with Crippen molar-refractivity contribution in [3.05, 3.63) is 35.2 Å². The first-order chi connectivity index (χ1) is 8.26. The fourth-order valence-electron chi connectivity index (χ4n) is 1.50. The summed E-state index contributed by atoms with van der Waals surface area (Å²) in [7, 11) is 1.97. The summed E-state index contributed by atoms with van der Waals surface area (Å²) in [4.78, 5) is 18.3. The van der Waals surface area contributed by atoms with Crippen molar-refractivity contribution in [2.24, 2.45) is 0 Å². The van der Waals surface area contributed by atoms with Gasteiger partial charge in [0.2, 0.25) is 0 Å². The van der Waals surface area contributed by atoms with Crippen molar-refractivity contribution in [1.82, 2.24) is 4.98 Å². The van der Waals surface area contributed by atoms with E-state index < -0.39 is 0 Å². The maximum atomic E-state index is 11.1. The number of aromatic nitrogens is 1. The summed E-state index contributed by atoms with van der Waals surface area (Å²) in [6, 6.07) is 9.80. The van der Waals surface area contributed by atoms with E-state index in [-0.39, 0.29) is 0 Å². The zero-order valence-corrected chi connectivity index (χ0v) is 10.7. The molecule has 0 aliphatic heterocycles. The van der Waals surface area contributed by atoms with Gasteiger partial charge in [0.05, 0.1) is 10.6 Å². The van der Waals surface area contributed by atoms with E-state index in [4.69, 9.17) is 0 Å². The lowest BCUT2D eigenvalue weighted by molar-refractivity contribution is 0.112. The zero-order chi connectivity index (χ0) is 12.3. The Kier molecular flexibility index (Phi) is 3.54. The Morgan fingerprint density at radius 3 is 2.65 bits per heavy atom. The number of hydrogen-bond donors (Lipinski definition) is 0. The Bertz CT molecular complexity index is 507. The van der Waals surface area contributed by atoms with Crippen LogP contribution in [0.4, 0.5) is 5.13 Å². The van der Waals surface area contributed by atoms with Crippen LogP contribution >= 0.6 is 11.3 Å². The third-order valence-corrected chi connectivity index (χ3v) is 3.69. The number of hydrogen-bond acceptors (Lipinski definition) is 4. The third-order valence-electron chi connectivity index (χ3n) is 2.60. The molecule has 0 fully saturated rings. The van der Waals surface area contributed by atoms with Gasteiger partial charge in [-0.25, -0.2) is 4.98 Å². The van der Waals surface area contributed by atoms with Crippen LogP contribution in [0.25, 0.3) is 11.3 Å². The number of nitrogens with zero attached hydrogens (tertiary/aromatic N) is 2. The highest BCUT2D eigenvalue weighted by atomic mass is 32.1. The van der Waals surface area contributed by atoms with E-state index in [1.54, 1.807) is 0 Å². The van der Waals surface area contributed by atoms with Crippen LogP contribution in [0.2, 0.25) is 0 Å². The lowest BCUT2D eigenvalue weighted by Crippen LogP contribution is -2.15. The molecule has 0 aliphatic rings. The van der Waals surface area contributed by atoms with Crippen LogP contribution in [0.1, 0.15) is 16.6 Å². The molecule has 0 amide bonds. The molecular formula is C13H14N2OS. The van der Waals surface area contributed by atoms with Crippen molar-refractivity contribution in [3.63, 3.8) is 0 Å². The van der Waals surface area contributed by atoms with Crippen LogP contribution in [0.3, 0.4) is 0 Å². The van der Waals surface area contributed by atoms with E-state index in [0.717, 1.165) is 29.2 Å². The summed E-state index contributed by atoms with van der Waals surface area (Å²) in [6.45, 7) is 2.93. The van der Waals surface area contributed by atoms with Gasteiger partial charge in [-0.05, 0) is 6.92 Å². The number of anilines is 1. The van der Waals surface area contributed by atoms with Gasteiger partial charge >= 0.3 is 0 Å². The molecule has 0 aliphatic carbocycles. The predicted molar refractivity (Wildman–Crippen MR) is 71.9 cm³/mol. The van der Waals surface area contributed by atoms with Crippen molar-refractivity contribution in [1.29, 1.82) is 0 Å². The summed E-state index contributed by atoms with van der Waals surface area (Å²) in [6.07, 6.45) is 0.882. The molecule has 17 heavy (non-hydrogen) atoms. The molecule has 4 heteroatoms. The summed E-state index contributed by atoms with van der Waals surface area (Å²) in [5, 5.41) is 0.883. The van der Waals surface area contributed by atoms with Crippen molar-refractivity contribution >= 4 is 22.8 Å². The summed E-state index contributed by atoms with van der Waals surface area (Å²) < 4.78 is 0. The maximum absolute atomic E-state index is 11.1. The van der Waals surface area contributed by atoms with E-state index in [9.17, 15) is 4.79 Å². The van der Waals surface area contributed by atoms with Crippen LogP contribution < -0.4 is 4.90 Å². The molecular weight excluding hydrogens is 232 g/mol. The minimum absolute atomic E-state index is 0.687. The Hall–Kier alpha value is -1.68.